The molecule has 0 radical (unpaired) electrons. The first-order chi connectivity index (χ1) is 14.4. The van der Waals surface area contributed by atoms with Crippen LogP contribution in [0.15, 0.2) is 12.3 Å². The predicted molar refractivity (Wildman–Crippen MR) is 113 cm³/mol. The lowest BCUT2D eigenvalue weighted by Gasteiger charge is -2.35. The molecule has 9 heteroatoms. The van der Waals surface area contributed by atoms with E-state index in [9.17, 15) is 4.79 Å². The minimum Gasteiger partial charge on any atom is -0.462 e. The summed E-state index contributed by atoms with van der Waals surface area (Å²) in [4.78, 5) is 19.4. The van der Waals surface area contributed by atoms with Gasteiger partial charge >= 0.3 is 5.97 Å². The summed E-state index contributed by atoms with van der Waals surface area (Å²) in [6, 6.07) is 2.06. The second-order valence-electron chi connectivity index (χ2n) is 7.70. The molecule has 0 saturated carbocycles. The quantitative estimate of drug-likeness (QED) is 0.594. The highest BCUT2D eigenvalue weighted by atomic mass is 16.5. The van der Waals surface area contributed by atoms with Crippen molar-refractivity contribution >= 4 is 22.7 Å². The Bertz CT molecular complexity index is 1090. The van der Waals surface area contributed by atoms with E-state index >= 15 is 0 Å². The van der Waals surface area contributed by atoms with Gasteiger partial charge in [0, 0.05) is 32.0 Å². The minimum atomic E-state index is -0.369. The van der Waals surface area contributed by atoms with E-state index in [0.29, 0.717) is 38.4 Å². The maximum Gasteiger partial charge on any atom is 0.341 e. The number of hydrogen-bond donors (Lipinski definition) is 0. The van der Waals surface area contributed by atoms with Gasteiger partial charge in [0.15, 0.2) is 5.65 Å². The molecule has 1 fully saturated rings. The van der Waals surface area contributed by atoms with Gasteiger partial charge in [-0.2, -0.15) is 10.2 Å². The van der Waals surface area contributed by atoms with Crippen LogP contribution in [0.25, 0.3) is 11.0 Å². The number of morpholine rings is 1. The van der Waals surface area contributed by atoms with Crippen LogP contribution in [-0.2, 0) is 23.1 Å². The SMILES string of the molecule is CCOC(=O)c1cnc2c(c(C)nn2C)c1N1CCOC(Cn2nc(C)cc2C)C1. The van der Waals surface area contributed by atoms with Crippen molar-refractivity contribution in [1.29, 1.82) is 0 Å². The highest BCUT2D eigenvalue weighted by molar-refractivity contribution is 6.05. The summed E-state index contributed by atoms with van der Waals surface area (Å²) >= 11 is 0. The molecule has 1 atom stereocenters. The minimum absolute atomic E-state index is 0.0491. The van der Waals surface area contributed by atoms with Gasteiger partial charge in [-0.3, -0.25) is 9.36 Å². The Hall–Kier alpha value is -2.94. The highest BCUT2D eigenvalue weighted by Crippen LogP contribution is 2.33. The summed E-state index contributed by atoms with van der Waals surface area (Å²) in [5.74, 6) is -0.369. The van der Waals surface area contributed by atoms with Crippen molar-refractivity contribution in [1.82, 2.24) is 24.5 Å². The number of nitrogens with zero attached hydrogens (tertiary/aromatic N) is 6. The second kappa shape index (κ2) is 8.06. The predicted octanol–water partition coefficient (Wildman–Crippen LogP) is 2.17. The van der Waals surface area contributed by atoms with Crippen LogP contribution in [0.1, 0.15) is 34.4 Å². The van der Waals surface area contributed by atoms with Crippen molar-refractivity contribution in [2.24, 2.45) is 7.05 Å². The number of aromatic nitrogens is 5. The van der Waals surface area contributed by atoms with Crippen LogP contribution in [0.5, 0.6) is 0 Å². The maximum atomic E-state index is 12.7. The van der Waals surface area contributed by atoms with E-state index < -0.39 is 0 Å². The third kappa shape index (κ3) is 3.65. The molecule has 9 nitrogen and oxygen atoms in total. The molecule has 3 aromatic rings. The van der Waals surface area contributed by atoms with Crippen LogP contribution in [0.3, 0.4) is 0 Å². The van der Waals surface area contributed by atoms with Gasteiger partial charge in [0.25, 0.3) is 0 Å². The zero-order valence-electron chi connectivity index (χ0n) is 18.2. The topological polar surface area (TPSA) is 87.3 Å². The van der Waals surface area contributed by atoms with Crippen LogP contribution in [0, 0.1) is 20.8 Å². The summed E-state index contributed by atoms with van der Waals surface area (Å²) in [5, 5.41) is 9.97. The fourth-order valence-electron chi connectivity index (χ4n) is 4.17. The standard InChI is InChI=1S/C21H28N6O3/c1-6-29-21(28)17-10-22-20-18(15(4)24-25(20)5)19(17)26-7-8-30-16(11-26)12-27-14(3)9-13(2)23-27/h9-10,16H,6-8,11-12H2,1-5H3. The highest BCUT2D eigenvalue weighted by Gasteiger charge is 2.29. The Morgan fingerprint density at radius 1 is 1.30 bits per heavy atom. The molecule has 0 aliphatic carbocycles. The number of hydrogen-bond acceptors (Lipinski definition) is 7. The van der Waals surface area contributed by atoms with Crippen molar-refractivity contribution in [3.63, 3.8) is 0 Å². The molecule has 30 heavy (non-hydrogen) atoms. The Morgan fingerprint density at radius 3 is 2.80 bits per heavy atom. The number of carbonyl (C=O) groups excluding carboxylic acids is 1. The molecule has 0 bridgehead atoms. The summed E-state index contributed by atoms with van der Waals surface area (Å²) in [7, 11) is 1.86. The van der Waals surface area contributed by atoms with Gasteiger partial charge in [0.2, 0.25) is 0 Å². The number of aryl methyl sites for hydroxylation is 4. The van der Waals surface area contributed by atoms with Gasteiger partial charge in [-0.05, 0) is 33.8 Å². The first kappa shape index (κ1) is 20.3. The van der Waals surface area contributed by atoms with Gasteiger partial charge < -0.3 is 14.4 Å². The number of rotatable bonds is 5. The smallest absolute Gasteiger partial charge is 0.341 e. The molecule has 1 saturated heterocycles. The Morgan fingerprint density at radius 2 is 2.10 bits per heavy atom. The Balaban J connectivity index is 1.72. The molecular formula is C21H28N6O3. The van der Waals surface area contributed by atoms with Crippen LogP contribution in [-0.4, -0.2) is 62.9 Å². The number of ether oxygens (including phenoxy) is 2. The van der Waals surface area contributed by atoms with Gasteiger partial charge in [0.05, 0.1) is 48.3 Å². The molecule has 0 N–H and O–H groups in total. The lowest BCUT2D eigenvalue weighted by atomic mass is 10.1. The first-order valence-corrected chi connectivity index (χ1v) is 10.3. The first-order valence-electron chi connectivity index (χ1n) is 10.3. The van der Waals surface area contributed by atoms with Crippen molar-refractivity contribution in [2.45, 2.75) is 40.3 Å². The van der Waals surface area contributed by atoms with Crippen LogP contribution >= 0.6 is 0 Å². The lowest BCUT2D eigenvalue weighted by molar-refractivity contribution is 0.0268. The molecular weight excluding hydrogens is 384 g/mol. The van der Waals surface area contributed by atoms with E-state index in [1.165, 1.54) is 0 Å². The van der Waals surface area contributed by atoms with Crippen molar-refractivity contribution in [3.8, 4) is 0 Å². The zero-order valence-corrected chi connectivity index (χ0v) is 18.2. The average Bonchev–Trinajstić information content (AvgIpc) is 3.18. The average molecular weight is 412 g/mol. The summed E-state index contributed by atoms with van der Waals surface area (Å²) in [5.41, 5.74) is 4.97. The third-order valence-corrected chi connectivity index (χ3v) is 5.43. The third-order valence-electron chi connectivity index (χ3n) is 5.43. The molecule has 160 valence electrons. The molecule has 1 unspecified atom stereocenters. The molecule has 0 aromatic carbocycles. The van der Waals surface area contributed by atoms with Crippen LogP contribution in [0.4, 0.5) is 5.69 Å². The number of fused-ring (bicyclic) bond motifs is 1. The molecule has 3 aromatic heterocycles. The van der Waals surface area contributed by atoms with Crippen LogP contribution in [0.2, 0.25) is 0 Å². The Labute approximate surface area is 175 Å². The number of carbonyl (C=O) groups is 1. The fourth-order valence-corrected chi connectivity index (χ4v) is 4.17. The normalized spacial score (nSPS) is 17.0. The lowest BCUT2D eigenvalue weighted by Crippen LogP contribution is -2.45. The zero-order chi connectivity index (χ0) is 21.4. The van der Waals surface area contributed by atoms with E-state index in [0.717, 1.165) is 33.8 Å². The molecule has 0 amide bonds. The number of pyridine rings is 1. The monoisotopic (exact) mass is 412 g/mol. The Kier molecular flexibility index (Phi) is 5.46. The largest absolute Gasteiger partial charge is 0.462 e. The second-order valence-corrected chi connectivity index (χ2v) is 7.70. The molecule has 4 heterocycles. The number of anilines is 1. The van der Waals surface area contributed by atoms with Gasteiger partial charge in [-0.15, -0.1) is 0 Å². The summed E-state index contributed by atoms with van der Waals surface area (Å²) in [6.45, 7) is 10.6. The van der Waals surface area contributed by atoms with Gasteiger partial charge in [-0.1, -0.05) is 0 Å². The summed E-state index contributed by atoms with van der Waals surface area (Å²) in [6.07, 6.45) is 1.55. The van der Waals surface area contributed by atoms with Crippen molar-refractivity contribution in [2.75, 3.05) is 31.2 Å². The molecule has 1 aliphatic heterocycles. The number of esters is 1. The van der Waals surface area contributed by atoms with E-state index in [-0.39, 0.29) is 12.1 Å². The van der Waals surface area contributed by atoms with E-state index in [1.54, 1.807) is 17.8 Å². The van der Waals surface area contributed by atoms with E-state index in [2.05, 4.69) is 26.1 Å². The maximum absolute atomic E-state index is 12.7. The van der Waals surface area contributed by atoms with E-state index in [4.69, 9.17) is 9.47 Å². The summed E-state index contributed by atoms with van der Waals surface area (Å²) < 4.78 is 15.1. The van der Waals surface area contributed by atoms with Gasteiger partial charge in [-0.25, -0.2) is 9.78 Å². The fraction of sp³-hybridized carbons (Fsp3) is 0.524. The van der Waals surface area contributed by atoms with Crippen molar-refractivity contribution < 1.29 is 14.3 Å². The molecule has 0 spiro atoms. The van der Waals surface area contributed by atoms with E-state index in [1.807, 2.05) is 32.5 Å². The molecule has 4 rings (SSSR count). The van der Waals surface area contributed by atoms with Crippen LogP contribution < -0.4 is 4.90 Å². The van der Waals surface area contributed by atoms with Gasteiger partial charge in [0.1, 0.15) is 5.56 Å². The molecule has 1 aliphatic rings. The van der Waals surface area contributed by atoms with Crippen molar-refractivity contribution in [3.05, 3.63) is 34.9 Å².